The van der Waals surface area contributed by atoms with Crippen molar-refractivity contribution in [1.82, 2.24) is 5.32 Å². The standard InChI is InChI=1S/C12H14F2N2O5/c1-6(12(20-2)21-3)15-11(17)8-4-7(13)5-9(10(8)14)16(18)19/h4-6,12H,1-3H3,(H,15,17). The Morgan fingerprint density at radius 2 is 1.90 bits per heavy atom. The summed E-state index contributed by atoms with van der Waals surface area (Å²) in [6.07, 6.45) is -0.805. The maximum atomic E-state index is 13.8. The van der Waals surface area contributed by atoms with E-state index in [0.29, 0.717) is 12.1 Å². The van der Waals surface area contributed by atoms with E-state index in [4.69, 9.17) is 9.47 Å². The lowest BCUT2D eigenvalue weighted by Crippen LogP contribution is -2.43. The molecule has 21 heavy (non-hydrogen) atoms. The van der Waals surface area contributed by atoms with Crippen molar-refractivity contribution in [2.75, 3.05) is 14.2 Å². The number of ether oxygens (including phenoxy) is 2. The molecule has 0 saturated carbocycles. The number of nitrogens with zero attached hydrogens (tertiary/aromatic N) is 1. The minimum atomic E-state index is -1.41. The van der Waals surface area contributed by atoms with Crippen molar-refractivity contribution < 1.29 is 28.0 Å². The van der Waals surface area contributed by atoms with Crippen molar-refractivity contribution >= 4 is 11.6 Å². The second-order valence-corrected chi connectivity index (χ2v) is 4.15. The largest absolute Gasteiger partial charge is 0.354 e. The summed E-state index contributed by atoms with van der Waals surface area (Å²) in [6, 6.07) is 0.302. The van der Waals surface area contributed by atoms with Crippen LogP contribution in [0, 0.1) is 21.7 Å². The first-order chi connectivity index (χ1) is 9.81. The Bertz CT molecular complexity index is 549. The van der Waals surface area contributed by atoms with Crippen LogP contribution in [-0.4, -0.2) is 37.4 Å². The topological polar surface area (TPSA) is 90.7 Å². The molecule has 7 nitrogen and oxygen atoms in total. The minimum absolute atomic E-state index is 0.405. The first kappa shape index (κ1) is 16.9. The number of amides is 1. The Kier molecular flexibility index (Phi) is 5.68. The summed E-state index contributed by atoms with van der Waals surface area (Å²) in [4.78, 5) is 21.4. The second-order valence-electron chi connectivity index (χ2n) is 4.15. The van der Waals surface area contributed by atoms with E-state index in [0.717, 1.165) is 0 Å². The lowest BCUT2D eigenvalue weighted by molar-refractivity contribution is -0.387. The van der Waals surface area contributed by atoms with Gasteiger partial charge >= 0.3 is 5.69 Å². The molecule has 1 aromatic rings. The molecule has 0 fully saturated rings. The number of hydrogen-bond acceptors (Lipinski definition) is 5. The lowest BCUT2D eigenvalue weighted by Gasteiger charge is -2.22. The molecule has 1 aromatic carbocycles. The van der Waals surface area contributed by atoms with Crippen LogP contribution in [0.25, 0.3) is 0 Å². The Hall–Kier alpha value is -2.13. The van der Waals surface area contributed by atoms with Gasteiger partial charge in [0.25, 0.3) is 5.91 Å². The smallest absolute Gasteiger partial charge is 0.308 e. The molecule has 0 radical (unpaired) electrons. The van der Waals surface area contributed by atoms with E-state index in [1.165, 1.54) is 21.1 Å². The van der Waals surface area contributed by atoms with Crippen LogP contribution < -0.4 is 5.32 Å². The van der Waals surface area contributed by atoms with Crippen LogP contribution in [0.1, 0.15) is 17.3 Å². The molecule has 9 heteroatoms. The Morgan fingerprint density at radius 3 is 2.38 bits per heavy atom. The molecule has 0 aromatic heterocycles. The Labute approximate surface area is 119 Å². The third-order valence-electron chi connectivity index (χ3n) is 2.69. The van der Waals surface area contributed by atoms with Crippen molar-refractivity contribution in [2.45, 2.75) is 19.3 Å². The zero-order chi connectivity index (χ0) is 16.2. The third-order valence-corrected chi connectivity index (χ3v) is 2.69. The van der Waals surface area contributed by atoms with Gasteiger partial charge in [-0.1, -0.05) is 0 Å². The van der Waals surface area contributed by atoms with Crippen molar-refractivity contribution in [3.05, 3.63) is 39.4 Å². The molecule has 0 aliphatic carbocycles. The number of rotatable bonds is 6. The summed E-state index contributed by atoms with van der Waals surface area (Å²) in [7, 11) is 2.68. The van der Waals surface area contributed by atoms with Gasteiger partial charge in [-0.3, -0.25) is 14.9 Å². The van der Waals surface area contributed by atoms with Crippen molar-refractivity contribution in [3.8, 4) is 0 Å². The van der Waals surface area contributed by atoms with Crippen molar-refractivity contribution in [2.24, 2.45) is 0 Å². The van der Waals surface area contributed by atoms with E-state index < -0.39 is 46.0 Å². The maximum Gasteiger partial charge on any atom is 0.308 e. The van der Waals surface area contributed by atoms with E-state index in [1.54, 1.807) is 0 Å². The second kappa shape index (κ2) is 7.04. The Morgan fingerprint density at radius 1 is 1.33 bits per heavy atom. The van der Waals surface area contributed by atoms with Gasteiger partial charge in [-0.15, -0.1) is 0 Å². The summed E-state index contributed by atoms with van der Waals surface area (Å²) < 4.78 is 36.9. The molecule has 0 aliphatic rings. The van der Waals surface area contributed by atoms with E-state index in [-0.39, 0.29) is 0 Å². The van der Waals surface area contributed by atoms with Crippen LogP contribution >= 0.6 is 0 Å². The predicted molar refractivity (Wildman–Crippen MR) is 67.7 cm³/mol. The molecule has 116 valence electrons. The molecule has 1 unspecified atom stereocenters. The predicted octanol–water partition coefficient (Wildman–Crippen LogP) is 1.61. The number of methoxy groups -OCH3 is 2. The monoisotopic (exact) mass is 304 g/mol. The van der Waals surface area contributed by atoms with E-state index >= 15 is 0 Å². The van der Waals surface area contributed by atoms with Crippen LogP contribution in [0.3, 0.4) is 0 Å². The number of nitro groups is 1. The highest BCUT2D eigenvalue weighted by molar-refractivity contribution is 5.95. The van der Waals surface area contributed by atoms with Crippen LogP contribution in [0.2, 0.25) is 0 Å². The molecule has 0 saturated heterocycles. The van der Waals surface area contributed by atoms with Gasteiger partial charge in [0.2, 0.25) is 5.82 Å². The van der Waals surface area contributed by atoms with Crippen molar-refractivity contribution in [1.29, 1.82) is 0 Å². The molecule has 0 bridgehead atoms. The summed E-state index contributed by atoms with van der Waals surface area (Å²) in [5.74, 6) is -3.50. The quantitative estimate of drug-likeness (QED) is 0.490. The number of halogens is 2. The summed E-state index contributed by atoms with van der Waals surface area (Å²) >= 11 is 0. The molecular weight excluding hydrogens is 290 g/mol. The number of nitro benzene ring substituents is 1. The van der Waals surface area contributed by atoms with Gasteiger partial charge in [-0.2, -0.15) is 4.39 Å². The number of benzene rings is 1. The van der Waals surface area contributed by atoms with Gasteiger partial charge in [0.1, 0.15) is 5.82 Å². The molecular formula is C12H14F2N2O5. The molecule has 0 spiro atoms. The molecule has 0 heterocycles. The number of hydrogen-bond donors (Lipinski definition) is 1. The van der Waals surface area contributed by atoms with Crippen LogP contribution in [0.5, 0.6) is 0 Å². The molecule has 1 amide bonds. The normalized spacial score (nSPS) is 12.3. The molecule has 1 N–H and O–H groups in total. The van der Waals surface area contributed by atoms with Crippen LogP contribution in [-0.2, 0) is 9.47 Å². The summed E-state index contributed by atoms with van der Waals surface area (Å²) in [5, 5.41) is 12.9. The van der Waals surface area contributed by atoms with Crippen molar-refractivity contribution in [3.63, 3.8) is 0 Å². The van der Waals surface area contributed by atoms with Gasteiger partial charge in [-0.25, -0.2) is 4.39 Å². The fourth-order valence-corrected chi connectivity index (χ4v) is 1.73. The number of nitrogens with one attached hydrogen (secondary N) is 1. The molecule has 1 rings (SSSR count). The van der Waals surface area contributed by atoms with Gasteiger partial charge in [0, 0.05) is 14.2 Å². The zero-order valence-electron chi connectivity index (χ0n) is 11.6. The van der Waals surface area contributed by atoms with Gasteiger partial charge in [0.15, 0.2) is 6.29 Å². The van der Waals surface area contributed by atoms with Gasteiger partial charge < -0.3 is 14.8 Å². The highest BCUT2D eigenvalue weighted by Gasteiger charge is 2.26. The fraction of sp³-hybridized carbons (Fsp3) is 0.417. The highest BCUT2D eigenvalue weighted by atomic mass is 19.1. The van der Waals surface area contributed by atoms with E-state index in [1.807, 2.05) is 0 Å². The first-order valence-electron chi connectivity index (χ1n) is 5.81. The van der Waals surface area contributed by atoms with Gasteiger partial charge in [-0.05, 0) is 13.0 Å². The molecule has 0 aliphatic heterocycles. The van der Waals surface area contributed by atoms with E-state index in [9.17, 15) is 23.7 Å². The maximum absolute atomic E-state index is 13.8. The van der Waals surface area contributed by atoms with Crippen LogP contribution in [0.4, 0.5) is 14.5 Å². The van der Waals surface area contributed by atoms with E-state index in [2.05, 4.69) is 5.32 Å². The van der Waals surface area contributed by atoms with Gasteiger partial charge in [0.05, 0.1) is 22.6 Å². The summed E-state index contributed by atoms with van der Waals surface area (Å²) in [6.45, 7) is 1.52. The average molecular weight is 304 g/mol. The highest BCUT2D eigenvalue weighted by Crippen LogP contribution is 2.22. The summed E-state index contributed by atoms with van der Waals surface area (Å²) in [5.41, 5.74) is -1.87. The fourth-order valence-electron chi connectivity index (χ4n) is 1.73. The lowest BCUT2D eigenvalue weighted by atomic mass is 10.1. The Balaban J connectivity index is 3.05. The number of carbonyl (C=O) groups is 1. The van der Waals surface area contributed by atoms with Crippen LogP contribution in [0.15, 0.2) is 12.1 Å². The third kappa shape index (κ3) is 3.92. The number of carbonyl (C=O) groups excluding carboxylic acids is 1. The first-order valence-corrected chi connectivity index (χ1v) is 5.81. The average Bonchev–Trinajstić information content (AvgIpc) is 2.41. The minimum Gasteiger partial charge on any atom is -0.354 e. The SMILES string of the molecule is COC(OC)C(C)NC(=O)c1cc(F)cc([N+](=O)[O-])c1F. The zero-order valence-corrected chi connectivity index (χ0v) is 11.6. The molecule has 1 atom stereocenters.